The second kappa shape index (κ2) is 3.49. The van der Waals surface area contributed by atoms with Gasteiger partial charge in [-0.1, -0.05) is 13.8 Å². The van der Waals surface area contributed by atoms with Crippen LogP contribution in [0.5, 0.6) is 0 Å². The van der Waals surface area contributed by atoms with Gasteiger partial charge < -0.3 is 5.11 Å². The Morgan fingerprint density at radius 3 is 2.50 bits per heavy atom. The Labute approximate surface area is 78.8 Å². The highest BCUT2D eigenvalue weighted by Gasteiger charge is 2.11. The van der Waals surface area contributed by atoms with Crippen LogP contribution < -0.4 is 11.2 Å². The lowest BCUT2D eigenvalue weighted by molar-refractivity contribution is 0.194. The van der Waals surface area contributed by atoms with Gasteiger partial charge in [0.15, 0.2) is 0 Å². The molecule has 0 saturated carbocycles. The molecule has 0 radical (unpaired) electrons. The lowest BCUT2D eigenvalue weighted by Crippen LogP contribution is -2.35. The highest BCUT2D eigenvalue weighted by atomic mass is 16.4. The molecule has 1 rings (SSSR count). The first-order chi connectivity index (χ1) is 6.43. The standard InChI is InChI=1S/C8H10N2O4/c1-4(2)5-3-10(8(13)14)7(12)9-6(5)11/h3-4H,1-2H3,(H,13,14)(H,9,11,12). The van der Waals surface area contributed by atoms with Crippen molar-refractivity contribution in [2.75, 3.05) is 0 Å². The minimum Gasteiger partial charge on any atom is -0.464 e. The first-order valence-corrected chi connectivity index (χ1v) is 4.02. The van der Waals surface area contributed by atoms with Crippen molar-refractivity contribution in [3.8, 4) is 0 Å². The number of H-pyrrole nitrogens is 1. The van der Waals surface area contributed by atoms with E-state index in [0.29, 0.717) is 4.57 Å². The molecule has 0 bridgehead atoms. The number of nitrogens with zero attached hydrogens (tertiary/aromatic N) is 1. The van der Waals surface area contributed by atoms with Gasteiger partial charge in [0, 0.05) is 11.8 Å². The van der Waals surface area contributed by atoms with Crippen molar-refractivity contribution in [1.29, 1.82) is 0 Å². The fourth-order valence-corrected chi connectivity index (χ4v) is 1.04. The highest BCUT2D eigenvalue weighted by Crippen LogP contribution is 2.06. The van der Waals surface area contributed by atoms with E-state index >= 15 is 0 Å². The Balaban J connectivity index is 3.51. The Morgan fingerprint density at radius 1 is 1.50 bits per heavy atom. The van der Waals surface area contributed by atoms with Gasteiger partial charge in [-0.25, -0.2) is 14.2 Å². The van der Waals surface area contributed by atoms with E-state index in [9.17, 15) is 14.4 Å². The third-order valence-electron chi connectivity index (χ3n) is 1.80. The molecule has 0 saturated heterocycles. The number of aromatic amines is 1. The fourth-order valence-electron chi connectivity index (χ4n) is 1.04. The molecule has 0 fully saturated rings. The van der Waals surface area contributed by atoms with Gasteiger partial charge in [0.25, 0.3) is 5.56 Å². The Hall–Kier alpha value is -1.85. The van der Waals surface area contributed by atoms with Crippen molar-refractivity contribution in [3.63, 3.8) is 0 Å². The molecule has 0 atom stereocenters. The van der Waals surface area contributed by atoms with Crippen LogP contribution in [-0.2, 0) is 0 Å². The number of aromatic nitrogens is 2. The van der Waals surface area contributed by atoms with Gasteiger partial charge in [-0.15, -0.1) is 0 Å². The number of carboxylic acid groups (broad SMARTS) is 1. The molecule has 0 aliphatic rings. The van der Waals surface area contributed by atoms with Crippen molar-refractivity contribution in [1.82, 2.24) is 9.55 Å². The molecule has 1 aromatic heterocycles. The molecule has 1 heterocycles. The van der Waals surface area contributed by atoms with Gasteiger partial charge in [-0.3, -0.25) is 9.78 Å². The molecular formula is C8H10N2O4. The largest absolute Gasteiger partial charge is 0.464 e. The number of nitrogens with one attached hydrogen (secondary N) is 1. The smallest absolute Gasteiger partial charge is 0.419 e. The summed E-state index contributed by atoms with van der Waals surface area (Å²) in [4.78, 5) is 34.7. The normalized spacial score (nSPS) is 10.5. The van der Waals surface area contributed by atoms with E-state index in [1.54, 1.807) is 13.8 Å². The van der Waals surface area contributed by atoms with Crippen molar-refractivity contribution in [2.24, 2.45) is 0 Å². The molecule has 0 aliphatic carbocycles. The Morgan fingerprint density at radius 2 is 2.07 bits per heavy atom. The predicted octanol–water partition coefficient (Wildman–Crippen LogP) is 0.186. The maximum atomic E-state index is 11.2. The van der Waals surface area contributed by atoms with Crippen LogP contribution in [0.4, 0.5) is 4.79 Å². The average molecular weight is 198 g/mol. The van der Waals surface area contributed by atoms with Gasteiger partial charge >= 0.3 is 11.8 Å². The van der Waals surface area contributed by atoms with Crippen LogP contribution in [0, 0.1) is 0 Å². The zero-order chi connectivity index (χ0) is 10.9. The maximum Gasteiger partial charge on any atom is 0.419 e. The summed E-state index contributed by atoms with van der Waals surface area (Å²) in [7, 11) is 0. The van der Waals surface area contributed by atoms with Gasteiger partial charge in [-0.05, 0) is 5.92 Å². The molecule has 0 unspecified atom stereocenters. The molecule has 0 spiro atoms. The molecule has 0 amide bonds. The number of rotatable bonds is 1. The first-order valence-electron chi connectivity index (χ1n) is 4.02. The van der Waals surface area contributed by atoms with Crippen LogP contribution in [0.15, 0.2) is 15.8 Å². The van der Waals surface area contributed by atoms with Crippen molar-refractivity contribution < 1.29 is 9.90 Å². The van der Waals surface area contributed by atoms with Crippen LogP contribution in [0.1, 0.15) is 25.3 Å². The van der Waals surface area contributed by atoms with Crippen LogP contribution in [0.3, 0.4) is 0 Å². The SMILES string of the molecule is CC(C)c1cn(C(=O)O)c(=O)[nH]c1=O. The third-order valence-corrected chi connectivity index (χ3v) is 1.80. The predicted molar refractivity (Wildman–Crippen MR) is 48.8 cm³/mol. The number of hydrogen-bond acceptors (Lipinski definition) is 3. The monoisotopic (exact) mass is 198 g/mol. The van der Waals surface area contributed by atoms with Gasteiger partial charge in [0.2, 0.25) is 0 Å². The van der Waals surface area contributed by atoms with Crippen LogP contribution in [-0.4, -0.2) is 20.8 Å². The minimum atomic E-state index is -1.41. The van der Waals surface area contributed by atoms with Crippen molar-refractivity contribution in [2.45, 2.75) is 19.8 Å². The molecule has 0 aliphatic heterocycles. The van der Waals surface area contributed by atoms with E-state index in [4.69, 9.17) is 5.11 Å². The van der Waals surface area contributed by atoms with E-state index in [1.807, 2.05) is 4.98 Å². The minimum absolute atomic E-state index is 0.134. The summed E-state index contributed by atoms with van der Waals surface area (Å²) >= 11 is 0. The summed E-state index contributed by atoms with van der Waals surface area (Å²) < 4.78 is 0.455. The van der Waals surface area contributed by atoms with Crippen molar-refractivity contribution >= 4 is 6.09 Å². The van der Waals surface area contributed by atoms with Crippen LogP contribution >= 0.6 is 0 Å². The van der Waals surface area contributed by atoms with E-state index in [-0.39, 0.29) is 11.5 Å². The second-order valence-electron chi connectivity index (χ2n) is 3.15. The van der Waals surface area contributed by atoms with Crippen LogP contribution in [0.2, 0.25) is 0 Å². The summed E-state index contributed by atoms with van der Waals surface area (Å²) in [5.74, 6) is -0.134. The zero-order valence-electron chi connectivity index (χ0n) is 7.77. The Kier molecular flexibility index (Phi) is 2.55. The zero-order valence-corrected chi connectivity index (χ0v) is 7.77. The van der Waals surface area contributed by atoms with E-state index in [2.05, 4.69) is 0 Å². The molecular weight excluding hydrogens is 188 g/mol. The molecule has 76 valence electrons. The van der Waals surface area contributed by atoms with E-state index in [0.717, 1.165) is 6.20 Å². The molecule has 6 heteroatoms. The topological polar surface area (TPSA) is 92.2 Å². The fraction of sp³-hybridized carbons (Fsp3) is 0.375. The summed E-state index contributed by atoms with van der Waals surface area (Å²) in [6.45, 7) is 3.47. The number of hydrogen-bond donors (Lipinski definition) is 2. The number of carbonyl (C=O) groups is 1. The molecule has 2 N–H and O–H groups in total. The average Bonchev–Trinajstić information content (AvgIpc) is 2.02. The first kappa shape index (κ1) is 10.2. The molecule has 6 nitrogen and oxygen atoms in total. The third kappa shape index (κ3) is 1.73. The molecule has 0 aromatic carbocycles. The Bertz CT molecular complexity index is 469. The summed E-state index contributed by atoms with van der Waals surface area (Å²) in [6.07, 6.45) is -0.359. The molecule has 14 heavy (non-hydrogen) atoms. The quantitative estimate of drug-likeness (QED) is 0.673. The second-order valence-corrected chi connectivity index (χ2v) is 3.15. The van der Waals surface area contributed by atoms with Crippen LogP contribution in [0.25, 0.3) is 0 Å². The van der Waals surface area contributed by atoms with E-state index in [1.165, 1.54) is 0 Å². The summed E-state index contributed by atoms with van der Waals surface area (Å²) in [6, 6.07) is 0. The van der Waals surface area contributed by atoms with Gasteiger partial charge in [-0.2, -0.15) is 0 Å². The summed E-state index contributed by atoms with van der Waals surface area (Å²) in [5, 5.41) is 8.60. The summed E-state index contributed by atoms with van der Waals surface area (Å²) in [5.41, 5.74) is -1.21. The van der Waals surface area contributed by atoms with Crippen molar-refractivity contribution in [3.05, 3.63) is 32.6 Å². The molecule has 1 aromatic rings. The van der Waals surface area contributed by atoms with E-state index < -0.39 is 17.3 Å². The van der Waals surface area contributed by atoms with Gasteiger partial charge in [0.05, 0.1) is 0 Å². The highest BCUT2D eigenvalue weighted by molar-refractivity contribution is 5.67. The maximum absolute atomic E-state index is 11.2. The lowest BCUT2D eigenvalue weighted by Gasteiger charge is -2.04. The lowest BCUT2D eigenvalue weighted by atomic mass is 10.1. The van der Waals surface area contributed by atoms with Gasteiger partial charge in [0.1, 0.15) is 0 Å².